The Labute approximate surface area is 283 Å². The number of nitrogens with zero attached hydrogens (tertiary/aromatic N) is 4. The number of piperidine rings is 1. The molecule has 3 aromatic carbocycles. The average Bonchev–Trinajstić information content (AvgIpc) is 3.73. The van der Waals surface area contributed by atoms with Crippen LogP contribution in [0.2, 0.25) is 0 Å². The second-order valence-electron chi connectivity index (χ2n) is 12.0. The summed E-state index contributed by atoms with van der Waals surface area (Å²) in [7, 11) is -4.35. The zero-order valence-corrected chi connectivity index (χ0v) is 26.9. The maximum absolute atomic E-state index is 15.3. The summed E-state index contributed by atoms with van der Waals surface area (Å²) in [4.78, 5) is 62.9. The molecule has 0 bridgehead atoms. The number of rotatable bonds is 9. The van der Waals surface area contributed by atoms with Gasteiger partial charge in [0.15, 0.2) is 5.82 Å². The Balaban J connectivity index is 0.949. The van der Waals surface area contributed by atoms with Gasteiger partial charge in [-0.2, -0.15) is 13.5 Å². The van der Waals surface area contributed by atoms with E-state index in [1.807, 2.05) is 6.07 Å². The monoisotopic (exact) mass is 704 g/mol. The molecule has 2 fully saturated rings. The molecule has 4 aromatic rings. The number of carbonyl (C=O) groups is 5. The molecular formula is C32H29FN8O8S. The number of halogens is 1. The lowest BCUT2D eigenvalue weighted by molar-refractivity contribution is -0.137. The molecule has 0 spiro atoms. The zero-order valence-electron chi connectivity index (χ0n) is 26.1. The van der Waals surface area contributed by atoms with Crippen LogP contribution in [-0.2, 0) is 49.0 Å². The van der Waals surface area contributed by atoms with Crippen molar-refractivity contribution in [2.75, 3.05) is 21.5 Å². The Morgan fingerprint density at radius 1 is 1.08 bits per heavy atom. The summed E-state index contributed by atoms with van der Waals surface area (Å²) in [5.41, 5.74) is 2.45. The van der Waals surface area contributed by atoms with Gasteiger partial charge in [0.2, 0.25) is 17.7 Å². The maximum atomic E-state index is 15.3. The van der Waals surface area contributed by atoms with Crippen molar-refractivity contribution in [1.82, 2.24) is 24.7 Å². The van der Waals surface area contributed by atoms with Crippen LogP contribution >= 0.6 is 0 Å². The van der Waals surface area contributed by atoms with Gasteiger partial charge >= 0.3 is 10.2 Å². The standard InChI is InChI=1S/C32H29FN8O8S/c33-29-20-5-4-19(10-18(20)11-25(42)30(29)41-16-28(45)38-50(41,48)49)36-27(44)8-9-39-14-17(13-35-39)12-34-23-3-1-2-21-22(23)15-40(32(21)47)24-6-7-26(43)37-31(24)46/h1-5,10-11,13-14,24,34,42H,6-9,12,15-16H2,(H,36,44)(H,38,45)(H,37,43,46). The molecular weight excluding hydrogens is 675 g/mol. The van der Waals surface area contributed by atoms with E-state index in [0.717, 1.165) is 22.9 Å². The van der Waals surface area contributed by atoms with Crippen LogP contribution in [0.4, 0.5) is 21.5 Å². The van der Waals surface area contributed by atoms with E-state index in [0.29, 0.717) is 22.1 Å². The summed E-state index contributed by atoms with van der Waals surface area (Å²) in [6, 6.07) is 9.93. The van der Waals surface area contributed by atoms with E-state index in [-0.39, 0.29) is 60.8 Å². The van der Waals surface area contributed by atoms with Gasteiger partial charge in [0, 0.05) is 72.1 Å². The fourth-order valence-corrected chi connectivity index (χ4v) is 7.47. The summed E-state index contributed by atoms with van der Waals surface area (Å²) >= 11 is 0. The molecule has 2 saturated heterocycles. The summed E-state index contributed by atoms with van der Waals surface area (Å²) in [6.07, 6.45) is 3.91. The van der Waals surface area contributed by atoms with Crippen molar-refractivity contribution in [2.24, 2.45) is 0 Å². The Hall–Kier alpha value is -6.04. The van der Waals surface area contributed by atoms with Crippen molar-refractivity contribution in [3.63, 3.8) is 0 Å². The SMILES string of the molecule is O=C1CCC(N2Cc3c(NCc4cnn(CCC(=O)Nc5ccc6c(F)c(N7CC(=O)NS7(=O)=O)c(O)cc6c5)c4)cccc3C2=O)C(=O)N1. The number of phenolic OH excluding ortho intramolecular Hbond substituents is 1. The molecule has 0 aliphatic carbocycles. The number of benzene rings is 3. The molecule has 0 saturated carbocycles. The van der Waals surface area contributed by atoms with Gasteiger partial charge in [-0.15, -0.1) is 0 Å². The molecule has 5 amide bonds. The second kappa shape index (κ2) is 12.4. The first-order valence-electron chi connectivity index (χ1n) is 15.5. The van der Waals surface area contributed by atoms with Crippen LogP contribution in [-0.4, -0.2) is 70.3 Å². The van der Waals surface area contributed by atoms with Crippen LogP contribution in [0.3, 0.4) is 0 Å². The third kappa shape index (κ3) is 6.04. The molecule has 1 atom stereocenters. The molecule has 3 aliphatic heterocycles. The van der Waals surface area contributed by atoms with Gasteiger partial charge in [0.05, 0.1) is 6.20 Å². The van der Waals surface area contributed by atoms with Gasteiger partial charge in [-0.05, 0) is 48.2 Å². The molecule has 1 aromatic heterocycles. The van der Waals surface area contributed by atoms with Crippen molar-refractivity contribution < 1.29 is 41.9 Å². The normalized spacial score (nSPS) is 18.3. The quantitative estimate of drug-likeness (QED) is 0.158. The minimum Gasteiger partial charge on any atom is -0.506 e. The highest BCUT2D eigenvalue weighted by atomic mass is 32.2. The minimum atomic E-state index is -4.35. The molecule has 3 aliphatic rings. The lowest BCUT2D eigenvalue weighted by atomic mass is 10.0. The van der Waals surface area contributed by atoms with Crippen LogP contribution in [0.5, 0.6) is 5.75 Å². The first-order chi connectivity index (χ1) is 23.9. The number of hydrogen-bond donors (Lipinski definition) is 5. The van der Waals surface area contributed by atoms with E-state index in [1.165, 1.54) is 23.1 Å². The van der Waals surface area contributed by atoms with Crippen LogP contribution in [0, 0.1) is 5.82 Å². The molecule has 0 radical (unpaired) electrons. The number of amides is 5. The first kappa shape index (κ1) is 32.5. The molecule has 16 nitrogen and oxygen atoms in total. The highest BCUT2D eigenvalue weighted by Gasteiger charge is 2.40. The average molecular weight is 705 g/mol. The smallest absolute Gasteiger partial charge is 0.326 e. The zero-order chi connectivity index (χ0) is 35.3. The lowest BCUT2D eigenvalue weighted by Crippen LogP contribution is -2.52. The number of aryl methyl sites for hydroxylation is 1. The third-order valence-corrected chi connectivity index (χ3v) is 10.1. The molecule has 258 valence electrons. The number of carbonyl (C=O) groups excluding carboxylic acids is 5. The van der Waals surface area contributed by atoms with Crippen molar-refractivity contribution in [2.45, 2.75) is 44.9 Å². The highest BCUT2D eigenvalue weighted by molar-refractivity contribution is 7.92. The molecule has 18 heteroatoms. The van der Waals surface area contributed by atoms with E-state index < -0.39 is 51.9 Å². The van der Waals surface area contributed by atoms with E-state index in [2.05, 4.69) is 21.0 Å². The minimum absolute atomic E-state index is 0.0262. The predicted molar refractivity (Wildman–Crippen MR) is 175 cm³/mol. The number of imide groups is 1. The molecule has 50 heavy (non-hydrogen) atoms. The van der Waals surface area contributed by atoms with Crippen LogP contribution in [0.15, 0.2) is 54.9 Å². The predicted octanol–water partition coefficient (Wildman–Crippen LogP) is 1.46. The number of anilines is 3. The van der Waals surface area contributed by atoms with Crippen molar-refractivity contribution in [3.05, 3.63) is 77.4 Å². The van der Waals surface area contributed by atoms with E-state index >= 15 is 4.39 Å². The Kier molecular flexibility index (Phi) is 8.09. The van der Waals surface area contributed by atoms with Gasteiger partial charge < -0.3 is 20.6 Å². The van der Waals surface area contributed by atoms with Crippen LogP contribution in [0.1, 0.15) is 40.7 Å². The number of phenols is 1. The highest BCUT2D eigenvalue weighted by Crippen LogP contribution is 2.39. The van der Waals surface area contributed by atoms with Gasteiger partial charge in [0.25, 0.3) is 11.8 Å². The molecule has 4 heterocycles. The van der Waals surface area contributed by atoms with Crippen molar-refractivity contribution >= 4 is 67.6 Å². The largest absolute Gasteiger partial charge is 0.506 e. The summed E-state index contributed by atoms with van der Waals surface area (Å²) in [5.74, 6) is -4.04. The van der Waals surface area contributed by atoms with E-state index in [1.54, 1.807) is 33.9 Å². The van der Waals surface area contributed by atoms with Gasteiger partial charge in [-0.1, -0.05) is 6.07 Å². The van der Waals surface area contributed by atoms with E-state index in [4.69, 9.17) is 0 Å². The lowest BCUT2D eigenvalue weighted by Gasteiger charge is -2.29. The Morgan fingerprint density at radius 2 is 1.90 bits per heavy atom. The number of aromatic hydroxyl groups is 1. The molecule has 1 unspecified atom stereocenters. The summed E-state index contributed by atoms with van der Waals surface area (Å²) in [5, 5.41) is 23.3. The maximum Gasteiger partial charge on any atom is 0.326 e. The van der Waals surface area contributed by atoms with Crippen LogP contribution < -0.4 is 25.0 Å². The van der Waals surface area contributed by atoms with Crippen LogP contribution in [0.25, 0.3) is 10.8 Å². The fourth-order valence-electron chi connectivity index (χ4n) is 6.31. The van der Waals surface area contributed by atoms with Crippen molar-refractivity contribution in [1.29, 1.82) is 0 Å². The Morgan fingerprint density at radius 3 is 2.66 bits per heavy atom. The number of fused-ring (bicyclic) bond motifs is 2. The second-order valence-corrected chi connectivity index (χ2v) is 13.6. The van der Waals surface area contributed by atoms with Gasteiger partial charge in [-0.3, -0.25) is 34.0 Å². The first-order valence-corrected chi connectivity index (χ1v) is 16.9. The topological polar surface area (TPSA) is 212 Å². The fraction of sp³-hybridized carbons (Fsp3) is 0.250. The Bertz CT molecular complexity index is 2240. The molecule has 7 rings (SSSR count). The van der Waals surface area contributed by atoms with Crippen molar-refractivity contribution in [3.8, 4) is 5.75 Å². The number of aromatic nitrogens is 2. The number of hydrogen-bond acceptors (Lipinski definition) is 10. The summed E-state index contributed by atoms with van der Waals surface area (Å²) < 4.78 is 43.5. The van der Waals surface area contributed by atoms with Gasteiger partial charge in [0.1, 0.15) is 24.0 Å². The van der Waals surface area contributed by atoms with E-state index in [9.17, 15) is 37.5 Å². The third-order valence-electron chi connectivity index (χ3n) is 8.70. The number of nitrogens with one attached hydrogen (secondary N) is 4. The summed E-state index contributed by atoms with van der Waals surface area (Å²) in [6.45, 7) is 0.166. The van der Waals surface area contributed by atoms with Gasteiger partial charge in [-0.25, -0.2) is 13.4 Å². The molecule has 5 N–H and O–H groups in total.